The maximum Gasteiger partial charge on any atom is 0.120 e. The van der Waals surface area contributed by atoms with Gasteiger partial charge in [0.05, 0.1) is 0 Å². The second-order valence-electron chi connectivity index (χ2n) is 3.94. The Morgan fingerprint density at radius 3 is 2.69 bits per heavy atom. The Labute approximate surface area is 96.1 Å². The highest BCUT2D eigenvalue weighted by Gasteiger charge is 2.13. The maximum absolute atomic E-state index is 9.66. The van der Waals surface area contributed by atoms with Crippen LogP contribution in [0.15, 0.2) is 18.2 Å². The van der Waals surface area contributed by atoms with Gasteiger partial charge in [-0.1, -0.05) is 0 Å². The molecule has 2 atom stereocenters. The molecule has 3 N–H and O–H groups in total. The van der Waals surface area contributed by atoms with Crippen molar-refractivity contribution in [2.45, 2.75) is 32.4 Å². The Balaban J connectivity index is 2.76. The van der Waals surface area contributed by atoms with Crippen LogP contribution in [0.5, 0.6) is 11.5 Å². The molecule has 1 rings (SSSR count). The molecule has 0 aliphatic rings. The standard InChI is InChI=1S/C13H17NO2/c1-4-5-9(2)14-10(3)12-8-11(15)6-7-13(12)16/h1,6-10,14-16H,5H2,2-3H3. The van der Waals surface area contributed by atoms with Gasteiger partial charge in [-0.15, -0.1) is 12.3 Å². The number of rotatable bonds is 4. The number of nitrogens with one attached hydrogen (secondary N) is 1. The molecule has 0 aliphatic carbocycles. The van der Waals surface area contributed by atoms with E-state index in [2.05, 4.69) is 11.2 Å². The minimum absolute atomic E-state index is 0.0598. The van der Waals surface area contributed by atoms with Crippen LogP contribution < -0.4 is 5.32 Å². The van der Waals surface area contributed by atoms with E-state index in [0.717, 1.165) is 0 Å². The number of aromatic hydroxyl groups is 2. The van der Waals surface area contributed by atoms with Gasteiger partial charge in [-0.3, -0.25) is 0 Å². The second kappa shape index (κ2) is 5.43. The van der Waals surface area contributed by atoms with Crippen LogP contribution in [0.3, 0.4) is 0 Å². The van der Waals surface area contributed by atoms with E-state index < -0.39 is 0 Å². The Kier molecular flexibility index (Phi) is 4.21. The number of terminal acetylenes is 1. The van der Waals surface area contributed by atoms with Gasteiger partial charge in [0.1, 0.15) is 11.5 Å². The van der Waals surface area contributed by atoms with Gasteiger partial charge in [-0.2, -0.15) is 0 Å². The summed E-state index contributed by atoms with van der Waals surface area (Å²) >= 11 is 0. The van der Waals surface area contributed by atoms with Gasteiger partial charge in [-0.05, 0) is 32.0 Å². The zero-order valence-corrected chi connectivity index (χ0v) is 9.57. The van der Waals surface area contributed by atoms with Crippen LogP contribution in [-0.4, -0.2) is 16.3 Å². The fraction of sp³-hybridized carbons (Fsp3) is 0.385. The molecule has 0 saturated heterocycles. The minimum atomic E-state index is -0.0598. The number of hydrogen-bond donors (Lipinski definition) is 3. The molecule has 16 heavy (non-hydrogen) atoms. The molecule has 1 aromatic rings. The first-order chi connectivity index (χ1) is 7.54. The highest BCUT2D eigenvalue weighted by Crippen LogP contribution is 2.27. The summed E-state index contributed by atoms with van der Waals surface area (Å²) in [6.07, 6.45) is 5.85. The first kappa shape index (κ1) is 12.4. The van der Waals surface area contributed by atoms with Crippen molar-refractivity contribution in [3.8, 4) is 23.8 Å². The summed E-state index contributed by atoms with van der Waals surface area (Å²) in [4.78, 5) is 0. The summed E-state index contributed by atoms with van der Waals surface area (Å²) in [5, 5.41) is 22.3. The fourth-order valence-corrected chi connectivity index (χ4v) is 1.64. The average Bonchev–Trinajstić information content (AvgIpc) is 2.21. The van der Waals surface area contributed by atoms with E-state index in [9.17, 15) is 10.2 Å². The van der Waals surface area contributed by atoms with Gasteiger partial charge in [0.2, 0.25) is 0 Å². The number of benzene rings is 1. The molecule has 0 aromatic heterocycles. The molecular weight excluding hydrogens is 202 g/mol. The molecule has 3 nitrogen and oxygen atoms in total. The Morgan fingerprint density at radius 2 is 2.06 bits per heavy atom. The molecule has 86 valence electrons. The first-order valence-electron chi connectivity index (χ1n) is 5.26. The summed E-state index contributed by atoms with van der Waals surface area (Å²) < 4.78 is 0. The SMILES string of the molecule is C#CCC(C)NC(C)c1cc(O)ccc1O. The number of hydrogen-bond acceptors (Lipinski definition) is 3. The highest BCUT2D eigenvalue weighted by molar-refractivity contribution is 5.40. The van der Waals surface area contributed by atoms with E-state index in [4.69, 9.17) is 6.42 Å². The highest BCUT2D eigenvalue weighted by atomic mass is 16.3. The predicted molar refractivity (Wildman–Crippen MR) is 64.2 cm³/mol. The van der Waals surface area contributed by atoms with Gasteiger partial charge in [0.25, 0.3) is 0 Å². The first-order valence-corrected chi connectivity index (χ1v) is 5.26. The summed E-state index contributed by atoms with van der Waals surface area (Å²) in [6, 6.07) is 4.60. The van der Waals surface area contributed by atoms with E-state index in [-0.39, 0.29) is 23.6 Å². The molecule has 0 bridgehead atoms. The van der Waals surface area contributed by atoms with Crippen LogP contribution in [-0.2, 0) is 0 Å². The largest absolute Gasteiger partial charge is 0.508 e. The second-order valence-corrected chi connectivity index (χ2v) is 3.94. The van der Waals surface area contributed by atoms with Crippen molar-refractivity contribution in [2.24, 2.45) is 0 Å². The number of phenolic OH excluding ortho intramolecular Hbond substituents is 2. The molecule has 0 spiro atoms. The lowest BCUT2D eigenvalue weighted by Gasteiger charge is -2.19. The van der Waals surface area contributed by atoms with Crippen molar-refractivity contribution in [3.05, 3.63) is 23.8 Å². The van der Waals surface area contributed by atoms with Gasteiger partial charge < -0.3 is 15.5 Å². The molecule has 0 saturated carbocycles. The summed E-state index contributed by atoms with van der Waals surface area (Å²) in [7, 11) is 0. The van der Waals surface area contributed by atoms with Crippen molar-refractivity contribution >= 4 is 0 Å². The maximum atomic E-state index is 9.66. The van der Waals surface area contributed by atoms with Crippen molar-refractivity contribution in [1.29, 1.82) is 0 Å². The third-order valence-corrected chi connectivity index (χ3v) is 2.44. The smallest absolute Gasteiger partial charge is 0.120 e. The molecule has 1 aromatic carbocycles. The topological polar surface area (TPSA) is 52.5 Å². The van der Waals surface area contributed by atoms with Gasteiger partial charge in [-0.25, -0.2) is 0 Å². The van der Waals surface area contributed by atoms with E-state index in [1.165, 1.54) is 12.1 Å². The molecule has 0 heterocycles. The monoisotopic (exact) mass is 219 g/mol. The van der Waals surface area contributed by atoms with Crippen LogP contribution in [0.1, 0.15) is 31.9 Å². The van der Waals surface area contributed by atoms with Crippen molar-refractivity contribution in [1.82, 2.24) is 5.32 Å². The van der Waals surface area contributed by atoms with Gasteiger partial charge >= 0.3 is 0 Å². The Hall–Kier alpha value is -1.66. The predicted octanol–water partition coefficient (Wildman–Crippen LogP) is 2.16. The molecule has 2 unspecified atom stereocenters. The number of phenols is 2. The third kappa shape index (κ3) is 3.18. The van der Waals surface area contributed by atoms with Gasteiger partial charge in [0.15, 0.2) is 0 Å². The Bertz CT molecular complexity index is 395. The quantitative estimate of drug-likeness (QED) is 0.537. The van der Waals surface area contributed by atoms with E-state index in [1.54, 1.807) is 6.07 Å². The van der Waals surface area contributed by atoms with Gasteiger partial charge in [0, 0.05) is 24.1 Å². The lowest BCUT2D eigenvalue weighted by Crippen LogP contribution is -2.28. The van der Waals surface area contributed by atoms with E-state index in [0.29, 0.717) is 12.0 Å². The van der Waals surface area contributed by atoms with Crippen molar-refractivity contribution < 1.29 is 10.2 Å². The summed E-state index contributed by atoms with van der Waals surface area (Å²) in [5.41, 5.74) is 0.670. The summed E-state index contributed by atoms with van der Waals surface area (Å²) in [5.74, 6) is 2.89. The molecule has 0 radical (unpaired) electrons. The zero-order chi connectivity index (χ0) is 12.1. The molecule has 0 aliphatic heterocycles. The van der Waals surface area contributed by atoms with Crippen molar-refractivity contribution in [2.75, 3.05) is 0 Å². The van der Waals surface area contributed by atoms with E-state index >= 15 is 0 Å². The Morgan fingerprint density at radius 1 is 1.38 bits per heavy atom. The third-order valence-electron chi connectivity index (χ3n) is 2.44. The van der Waals surface area contributed by atoms with Crippen LogP contribution in [0.25, 0.3) is 0 Å². The molecule has 0 fully saturated rings. The van der Waals surface area contributed by atoms with Crippen LogP contribution in [0.4, 0.5) is 0 Å². The van der Waals surface area contributed by atoms with Crippen LogP contribution >= 0.6 is 0 Å². The molecule has 0 amide bonds. The summed E-state index contributed by atoms with van der Waals surface area (Å²) in [6.45, 7) is 3.90. The molecular formula is C13H17NO2. The lowest BCUT2D eigenvalue weighted by molar-refractivity contribution is 0.428. The minimum Gasteiger partial charge on any atom is -0.508 e. The molecule has 3 heteroatoms. The lowest BCUT2D eigenvalue weighted by atomic mass is 10.1. The van der Waals surface area contributed by atoms with Crippen LogP contribution in [0, 0.1) is 12.3 Å². The fourth-order valence-electron chi connectivity index (χ4n) is 1.64. The zero-order valence-electron chi connectivity index (χ0n) is 9.57. The normalized spacial score (nSPS) is 14.1. The van der Waals surface area contributed by atoms with Crippen molar-refractivity contribution in [3.63, 3.8) is 0 Å². The van der Waals surface area contributed by atoms with E-state index in [1.807, 2.05) is 13.8 Å². The van der Waals surface area contributed by atoms with Crippen LogP contribution in [0.2, 0.25) is 0 Å². The average molecular weight is 219 g/mol.